The number of rotatable bonds is 2. The minimum Gasteiger partial charge on any atom is -0.369 e. The number of fused-ring (bicyclic) bond motifs is 1. The van der Waals surface area contributed by atoms with Gasteiger partial charge in [-0.05, 0) is 43.7 Å². The molecular formula is C13H17N3. The fourth-order valence-corrected chi connectivity index (χ4v) is 2.23. The number of hydrogen-bond donors (Lipinski definition) is 1. The second-order valence-electron chi connectivity index (χ2n) is 4.48. The van der Waals surface area contributed by atoms with Gasteiger partial charge in [-0.25, -0.2) is 4.98 Å². The average Bonchev–Trinajstić information content (AvgIpc) is 2.29. The first-order valence-electron chi connectivity index (χ1n) is 5.91. The third kappa shape index (κ3) is 2.01. The molecule has 1 atom stereocenters. The molecule has 0 spiro atoms. The van der Waals surface area contributed by atoms with E-state index in [1.165, 1.54) is 17.7 Å². The van der Waals surface area contributed by atoms with E-state index in [0.29, 0.717) is 11.5 Å². The molecular weight excluding hydrogens is 198 g/mol. The zero-order valence-electron chi connectivity index (χ0n) is 9.88. The van der Waals surface area contributed by atoms with Crippen LogP contribution in [0.15, 0.2) is 6.07 Å². The van der Waals surface area contributed by atoms with Crippen LogP contribution in [-0.4, -0.2) is 11.5 Å². The molecule has 3 heteroatoms. The Kier molecular flexibility index (Phi) is 3.09. The van der Waals surface area contributed by atoms with Gasteiger partial charge in [0.15, 0.2) is 0 Å². The van der Waals surface area contributed by atoms with Crippen LogP contribution in [0.4, 0.5) is 5.82 Å². The van der Waals surface area contributed by atoms with Crippen LogP contribution in [0, 0.1) is 17.2 Å². The zero-order chi connectivity index (χ0) is 11.5. The highest BCUT2D eigenvalue weighted by molar-refractivity contribution is 5.54. The molecule has 1 unspecified atom stereocenters. The maximum Gasteiger partial charge on any atom is 0.144 e. The van der Waals surface area contributed by atoms with Crippen LogP contribution >= 0.6 is 0 Å². The summed E-state index contributed by atoms with van der Waals surface area (Å²) in [5.41, 5.74) is 3.11. The summed E-state index contributed by atoms with van der Waals surface area (Å²) in [4.78, 5) is 4.57. The molecule has 0 radical (unpaired) electrons. The Bertz CT molecular complexity index is 432. The maximum atomic E-state index is 9.08. The van der Waals surface area contributed by atoms with Crippen LogP contribution in [0.25, 0.3) is 0 Å². The van der Waals surface area contributed by atoms with Gasteiger partial charge in [-0.2, -0.15) is 5.26 Å². The van der Waals surface area contributed by atoms with Crippen molar-refractivity contribution < 1.29 is 0 Å². The van der Waals surface area contributed by atoms with Crippen LogP contribution in [-0.2, 0) is 12.8 Å². The molecule has 0 fully saturated rings. The number of hydrogen-bond acceptors (Lipinski definition) is 3. The largest absolute Gasteiger partial charge is 0.369 e. The smallest absolute Gasteiger partial charge is 0.144 e. The lowest BCUT2D eigenvalue weighted by Crippen LogP contribution is -2.15. The van der Waals surface area contributed by atoms with Gasteiger partial charge in [0.25, 0.3) is 0 Å². The summed E-state index contributed by atoms with van der Waals surface area (Å²) in [5, 5.41) is 12.2. The molecule has 0 bridgehead atoms. The lowest BCUT2D eigenvalue weighted by Gasteiger charge is -2.21. The number of aromatic nitrogens is 1. The Morgan fingerprint density at radius 2 is 2.44 bits per heavy atom. The zero-order valence-corrected chi connectivity index (χ0v) is 9.88. The summed E-state index contributed by atoms with van der Waals surface area (Å²) in [6.07, 6.45) is 3.31. The molecule has 1 aliphatic carbocycles. The minimum atomic E-state index is 0.676. The van der Waals surface area contributed by atoms with Gasteiger partial charge in [-0.1, -0.05) is 6.92 Å². The van der Waals surface area contributed by atoms with Crippen molar-refractivity contribution in [1.82, 2.24) is 4.98 Å². The normalized spacial score (nSPS) is 18.7. The summed E-state index contributed by atoms with van der Waals surface area (Å²) in [7, 11) is 0. The third-order valence-electron chi connectivity index (χ3n) is 3.10. The summed E-state index contributed by atoms with van der Waals surface area (Å²) in [6, 6.07) is 4.23. The van der Waals surface area contributed by atoms with E-state index in [9.17, 15) is 0 Å². The molecule has 2 rings (SSSR count). The number of nitrogens with zero attached hydrogens (tertiary/aromatic N) is 2. The van der Waals surface area contributed by atoms with E-state index in [-0.39, 0.29) is 0 Å². The highest BCUT2D eigenvalue weighted by Gasteiger charge is 2.18. The maximum absolute atomic E-state index is 9.08. The summed E-state index contributed by atoms with van der Waals surface area (Å²) in [6.45, 7) is 5.08. The quantitative estimate of drug-likeness (QED) is 0.824. The van der Waals surface area contributed by atoms with Gasteiger partial charge in [0.05, 0.1) is 5.56 Å². The number of anilines is 1. The molecule has 1 aromatic rings. The first-order valence-corrected chi connectivity index (χ1v) is 5.91. The predicted octanol–water partition coefficient (Wildman–Crippen LogP) is 2.51. The molecule has 1 N–H and O–H groups in total. The van der Waals surface area contributed by atoms with E-state index in [4.69, 9.17) is 5.26 Å². The van der Waals surface area contributed by atoms with Gasteiger partial charge in [0, 0.05) is 12.2 Å². The van der Waals surface area contributed by atoms with Crippen molar-refractivity contribution in [2.24, 2.45) is 5.92 Å². The first kappa shape index (κ1) is 10.9. The molecule has 16 heavy (non-hydrogen) atoms. The summed E-state index contributed by atoms with van der Waals surface area (Å²) in [5.74, 6) is 1.46. The van der Waals surface area contributed by atoms with E-state index < -0.39 is 0 Å². The molecule has 0 aromatic carbocycles. The van der Waals surface area contributed by atoms with Gasteiger partial charge in [0.1, 0.15) is 11.9 Å². The van der Waals surface area contributed by atoms with Gasteiger partial charge >= 0.3 is 0 Å². The standard InChI is InChI=1S/C13H17N3/c1-3-15-13-11(8-14)7-10-6-9(2)4-5-12(10)16-13/h7,9H,3-6H2,1-2H3,(H,15,16). The second kappa shape index (κ2) is 4.52. The fraction of sp³-hybridized carbons (Fsp3) is 0.538. The monoisotopic (exact) mass is 215 g/mol. The number of nitrogens with one attached hydrogen (secondary N) is 1. The molecule has 1 aromatic heterocycles. The Morgan fingerprint density at radius 1 is 1.62 bits per heavy atom. The van der Waals surface area contributed by atoms with Crippen molar-refractivity contribution in [3.63, 3.8) is 0 Å². The van der Waals surface area contributed by atoms with Gasteiger partial charge in [-0.3, -0.25) is 0 Å². The van der Waals surface area contributed by atoms with Gasteiger partial charge < -0.3 is 5.32 Å². The molecule has 0 aliphatic heterocycles. The predicted molar refractivity (Wildman–Crippen MR) is 64.3 cm³/mol. The summed E-state index contributed by atoms with van der Waals surface area (Å²) >= 11 is 0. The van der Waals surface area contributed by atoms with Gasteiger partial charge in [0.2, 0.25) is 0 Å². The Balaban J connectivity index is 2.41. The molecule has 84 valence electrons. The number of nitriles is 1. The second-order valence-corrected chi connectivity index (χ2v) is 4.48. The van der Waals surface area contributed by atoms with Crippen LogP contribution in [0.3, 0.4) is 0 Å². The minimum absolute atomic E-state index is 0.676. The average molecular weight is 215 g/mol. The topological polar surface area (TPSA) is 48.7 Å². The lowest BCUT2D eigenvalue weighted by molar-refractivity contribution is 0.494. The molecule has 1 heterocycles. The van der Waals surface area contributed by atoms with Gasteiger partial charge in [-0.15, -0.1) is 0 Å². The summed E-state index contributed by atoms with van der Waals surface area (Å²) < 4.78 is 0. The highest BCUT2D eigenvalue weighted by Crippen LogP contribution is 2.27. The molecule has 0 amide bonds. The fourth-order valence-electron chi connectivity index (χ4n) is 2.23. The Hall–Kier alpha value is -1.56. The van der Waals surface area contributed by atoms with Crippen molar-refractivity contribution in [3.8, 4) is 6.07 Å². The van der Waals surface area contributed by atoms with Crippen LogP contribution in [0.1, 0.15) is 37.1 Å². The molecule has 3 nitrogen and oxygen atoms in total. The molecule has 1 aliphatic rings. The van der Waals surface area contributed by atoms with Crippen LogP contribution in [0.5, 0.6) is 0 Å². The lowest BCUT2D eigenvalue weighted by atomic mass is 9.87. The van der Waals surface area contributed by atoms with E-state index >= 15 is 0 Å². The highest BCUT2D eigenvalue weighted by atomic mass is 15.0. The van der Waals surface area contributed by atoms with E-state index in [2.05, 4.69) is 23.3 Å². The molecule has 0 saturated heterocycles. The Morgan fingerprint density at radius 3 is 3.12 bits per heavy atom. The SMILES string of the molecule is CCNc1nc2c(cc1C#N)CC(C)CC2. The van der Waals surface area contributed by atoms with Crippen molar-refractivity contribution in [3.05, 3.63) is 22.9 Å². The van der Waals surface area contributed by atoms with Crippen molar-refractivity contribution in [2.75, 3.05) is 11.9 Å². The first-order chi connectivity index (χ1) is 7.74. The Labute approximate surface area is 96.5 Å². The van der Waals surface area contributed by atoms with Crippen molar-refractivity contribution >= 4 is 5.82 Å². The van der Waals surface area contributed by atoms with E-state index in [1.54, 1.807) is 0 Å². The van der Waals surface area contributed by atoms with Crippen molar-refractivity contribution in [2.45, 2.75) is 33.1 Å². The number of pyridine rings is 1. The third-order valence-corrected chi connectivity index (χ3v) is 3.10. The van der Waals surface area contributed by atoms with Crippen LogP contribution in [0.2, 0.25) is 0 Å². The number of aryl methyl sites for hydroxylation is 1. The van der Waals surface area contributed by atoms with E-state index in [1.807, 2.05) is 13.0 Å². The molecule has 0 saturated carbocycles. The van der Waals surface area contributed by atoms with E-state index in [0.717, 1.165) is 25.2 Å². The van der Waals surface area contributed by atoms with Crippen molar-refractivity contribution in [1.29, 1.82) is 5.26 Å². The van der Waals surface area contributed by atoms with Crippen LogP contribution < -0.4 is 5.32 Å².